The summed E-state index contributed by atoms with van der Waals surface area (Å²) in [5.41, 5.74) is 6.60. The van der Waals surface area contributed by atoms with E-state index in [4.69, 9.17) is 10.5 Å². The number of hydrogen-bond donors (Lipinski definition) is 2. The average molecular weight is 274 g/mol. The van der Waals surface area contributed by atoms with Crippen LogP contribution in [0.4, 0.5) is 11.5 Å². The molecule has 0 radical (unpaired) electrons. The summed E-state index contributed by atoms with van der Waals surface area (Å²) in [4.78, 5) is 19.2. The summed E-state index contributed by atoms with van der Waals surface area (Å²) in [5.74, 6) is 0.831. The molecule has 0 spiro atoms. The fourth-order valence-electron chi connectivity index (χ4n) is 1.55. The quantitative estimate of drug-likeness (QED) is 0.818. The first kappa shape index (κ1) is 13.6. The molecule has 2 aromatic rings. The maximum atomic E-state index is 11.3. The van der Waals surface area contributed by atoms with Crippen LogP contribution >= 0.6 is 0 Å². The van der Waals surface area contributed by atoms with Gasteiger partial charge in [0.15, 0.2) is 5.82 Å². The third-order valence-corrected chi connectivity index (χ3v) is 2.57. The average Bonchev–Trinajstić information content (AvgIpc) is 2.49. The molecule has 0 aliphatic carbocycles. The summed E-state index contributed by atoms with van der Waals surface area (Å²) < 4.78 is 10.2. The van der Waals surface area contributed by atoms with E-state index in [1.165, 1.54) is 13.4 Å². The molecule has 2 rings (SSSR count). The van der Waals surface area contributed by atoms with Crippen molar-refractivity contribution in [3.8, 4) is 11.6 Å². The van der Waals surface area contributed by atoms with Crippen LogP contribution in [0.3, 0.4) is 0 Å². The molecule has 0 saturated carbocycles. The number of ether oxygens (including phenoxy) is 2. The van der Waals surface area contributed by atoms with Gasteiger partial charge >= 0.3 is 5.97 Å². The van der Waals surface area contributed by atoms with Crippen molar-refractivity contribution in [2.45, 2.75) is 0 Å². The number of nitrogens with one attached hydrogen (secondary N) is 1. The van der Waals surface area contributed by atoms with Gasteiger partial charge in [-0.3, -0.25) is 0 Å². The molecule has 0 unspecified atom stereocenters. The SMILES string of the molecule is CNc1ncnc(Oc2ccc(C(=O)OC)cc2)c1N. The summed E-state index contributed by atoms with van der Waals surface area (Å²) in [5, 5.41) is 2.84. The van der Waals surface area contributed by atoms with Crippen LogP contribution in [0.1, 0.15) is 10.4 Å². The van der Waals surface area contributed by atoms with Crippen LogP contribution in [0.2, 0.25) is 0 Å². The number of anilines is 2. The van der Waals surface area contributed by atoms with E-state index in [1.54, 1.807) is 31.3 Å². The number of methoxy groups -OCH3 is 1. The minimum atomic E-state index is -0.407. The molecule has 0 bridgehead atoms. The fraction of sp³-hybridized carbons (Fsp3) is 0.154. The molecule has 0 amide bonds. The van der Waals surface area contributed by atoms with Crippen molar-refractivity contribution in [3.05, 3.63) is 36.2 Å². The van der Waals surface area contributed by atoms with Crippen molar-refractivity contribution >= 4 is 17.5 Å². The highest BCUT2D eigenvalue weighted by molar-refractivity contribution is 5.89. The highest BCUT2D eigenvalue weighted by Crippen LogP contribution is 2.28. The molecule has 0 aliphatic rings. The van der Waals surface area contributed by atoms with E-state index < -0.39 is 5.97 Å². The van der Waals surface area contributed by atoms with Gasteiger partial charge in [-0.15, -0.1) is 0 Å². The van der Waals surface area contributed by atoms with E-state index in [1.807, 2.05) is 0 Å². The molecule has 3 N–H and O–H groups in total. The first-order valence-electron chi connectivity index (χ1n) is 5.80. The molecular formula is C13H14N4O3. The minimum Gasteiger partial charge on any atom is -0.465 e. The molecule has 1 aromatic carbocycles. The van der Waals surface area contributed by atoms with Gasteiger partial charge in [0, 0.05) is 7.05 Å². The molecular weight excluding hydrogens is 260 g/mol. The number of nitrogens with two attached hydrogens (primary N) is 1. The second-order valence-corrected chi connectivity index (χ2v) is 3.81. The normalized spacial score (nSPS) is 9.90. The Balaban J connectivity index is 2.20. The third-order valence-electron chi connectivity index (χ3n) is 2.57. The smallest absolute Gasteiger partial charge is 0.337 e. The first-order valence-corrected chi connectivity index (χ1v) is 5.80. The molecule has 0 fully saturated rings. The monoisotopic (exact) mass is 274 g/mol. The van der Waals surface area contributed by atoms with Gasteiger partial charge in [-0.25, -0.2) is 9.78 Å². The van der Waals surface area contributed by atoms with Crippen LogP contribution in [0.5, 0.6) is 11.6 Å². The van der Waals surface area contributed by atoms with E-state index in [0.717, 1.165) is 0 Å². The van der Waals surface area contributed by atoms with E-state index in [2.05, 4.69) is 20.0 Å². The standard InChI is InChI=1S/C13H14N4O3/c1-15-11-10(14)12(17-7-16-11)20-9-5-3-8(4-6-9)13(18)19-2/h3-7H,14H2,1-2H3,(H,15,16,17). The summed E-state index contributed by atoms with van der Waals surface area (Å²) >= 11 is 0. The lowest BCUT2D eigenvalue weighted by Gasteiger charge is -2.09. The fourth-order valence-corrected chi connectivity index (χ4v) is 1.55. The Hall–Kier alpha value is -2.83. The molecule has 0 aliphatic heterocycles. The van der Waals surface area contributed by atoms with Gasteiger partial charge in [0.1, 0.15) is 17.8 Å². The molecule has 7 heteroatoms. The molecule has 1 heterocycles. The Kier molecular flexibility index (Phi) is 3.99. The lowest BCUT2D eigenvalue weighted by Crippen LogP contribution is -2.03. The maximum Gasteiger partial charge on any atom is 0.337 e. The highest BCUT2D eigenvalue weighted by atomic mass is 16.5. The van der Waals surface area contributed by atoms with Crippen LogP contribution in [0.25, 0.3) is 0 Å². The summed E-state index contributed by atoms with van der Waals surface area (Å²) in [7, 11) is 3.03. The maximum absolute atomic E-state index is 11.3. The summed E-state index contributed by atoms with van der Waals surface area (Å²) in [6.07, 6.45) is 1.35. The number of benzene rings is 1. The molecule has 104 valence electrons. The van der Waals surface area contributed by atoms with Crippen LogP contribution in [-0.4, -0.2) is 30.1 Å². The Morgan fingerprint density at radius 3 is 2.55 bits per heavy atom. The summed E-state index contributed by atoms with van der Waals surface area (Å²) in [6.45, 7) is 0. The lowest BCUT2D eigenvalue weighted by atomic mass is 10.2. The van der Waals surface area contributed by atoms with Crippen molar-refractivity contribution in [2.75, 3.05) is 25.2 Å². The van der Waals surface area contributed by atoms with Crippen molar-refractivity contribution in [1.82, 2.24) is 9.97 Å². The predicted molar refractivity (Wildman–Crippen MR) is 73.8 cm³/mol. The van der Waals surface area contributed by atoms with Gasteiger partial charge in [-0.2, -0.15) is 4.98 Å². The zero-order valence-corrected chi connectivity index (χ0v) is 11.1. The predicted octanol–water partition coefficient (Wildman–Crippen LogP) is 1.68. The van der Waals surface area contributed by atoms with Crippen LogP contribution in [0.15, 0.2) is 30.6 Å². The lowest BCUT2D eigenvalue weighted by molar-refractivity contribution is 0.0600. The molecule has 0 atom stereocenters. The number of nitrogen functional groups attached to an aromatic ring is 1. The van der Waals surface area contributed by atoms with Crippen LogP contribution in [-0.2, 0) is 4.74 Å². The first-order chi connectivity index (χ1) is 9.65. The van der Waals surface area contributed by atoms with Gasteiger partial charge in [-0.05, 0) is 24.3 Å². The van der Waals surface area contributed by atoms with Gasteiger partial charge < -0.3 is 20.5 Å². The Bertz CT molecular complexity index is 614. The highest BCUT2D eigenvalue weighted by Gasteiger charge is 2.10. The number of hydrogen-bond acceptors (Lipinski definition) is 7. The van der Waals surface area contributed by atoms with E-state index >= 15 is 0 Å². The number of carbonyl (C=O) groups excluding carboxylic acids is 1. The third kappa shape index (κ3) is 2.77. The van der Waals surface area contributed by atoms with E-state index in [-0.39, 0.29) is 5.88 Å². The zero-order chi connectivity index (χ0) is 14.5. The van der Waals surface area contributed by atoms with Gasteiger partial charge in [0.25, 0.3) is 0 Å². The molecule has 20 heavy (non-hydrogen) atoms. The van der Waals surface area contributed by atoms with Crippen LogP contribution in [0, 0.1) is 0 Å². The van der Waals surface area contributed by atoms with Gasteiger partial charge in [-0.1, -0.05) is 0 Å². The Labute approximate surface area is 115 Å². The Morgan fingerprint density at radius 1 is 1.25 bits per heavy atom. The van der Waals surface area contributed by atoms with E-state index in [0.29, 0.717) is 22.8 Å². The number of carbonyl (C=O) groups is 1. The van der Waals surface area contributed by atoms with Gasteiger partial charge in [0.05, 0.1) is 12.7 Å². The van der Waals surface area contributed by atoms with Crippen LogP contribution < -0.4 is 15.8 Å². The second-order valence-electron chi connectivity index (χ2n) is 3.81. The number of nitrogens with zero attached hydrogens (tertiary/aromatic N) is 2. The Morgan fingerprint density at radius 2 is 1.95 bits per heavy atom. The van der Waals surface area contributed by atoms with Crippen molar-refractivity contribution in [3.63, 3.8) is 0 Å². The molecule has 0 saturated heterocycles. The largest absolute Gasteiger partial charge is 0.465 e. The molecule has 7 nitrogen and oxygen atoms in total. The number of esters is 1. The molecule has 1 aromatic heterocycles. The minimum absolute atomic E-state index is 0.246. The topological polar surface area (TPSA) is 99.4 Å². The zero-order valence-electron chi connectivity index (χ0n) is 11.1. The van der Waals surface area contributed by atoms with Crippen molar-refractivity contribution in [2.24, 2.45) is 0 Å². The van der Waals surface area contributed by atoms with Crippen molar-refractivity contribution < 1.29 is 14.3 Å². The number of rotatable bonds is 4. The summed E-state index contributed by atoms with van der Waals surface area (Å²) in [6, 6.07) is 6.45. The van der Waals surface area contributed by atoms with Crippen molar-refractivity contribution in [1.29, 1.82) is 0 Å². The van der Waals surface area contributed by atoms with E-state index in [9.17, 15) is 4.79 Å². The second kappa shape index (κ2) is 5.87. The van der Waals surface area contributed by atoms with Gasteiger partial charge in [0.2, 0.25) is 5.88 Å². The number of aromatic nitrogens is 2.